The molecule has 0 saturated carbocycles. The molecule has 0 radical (unpaired) electrons. The molecule has 3 N–H and O–H groups in total. The molecular weight excluding hydrogens is 356 g/mol. The van der Waals surface area contributed by atoms with E-state index in [9.17, 15) is 0 Å². The fourth-order valence-electron chi connectivity index (χ4n) is 2.59. The molecule has 8 nitrogen and oxygen atoms in total. The molecule has 0 fully saturated rings. The molecule has 3 rings (SSSR count). The third-order valence-corrected chi connectivity index (χ3v) is 3.84. The molecule has 146 valence electrons. The number of rotatable bonds is 8. The predicted molar refractivity (Wildman–Crippen MR) is 109 cm³/mol. The van der Waals surface area contributed by atoms with E-state index in [0.29, 0.717) is 31.2 Å². The van der Waals surface area contributed by atoms with Crippen molar-refractivity contribution < 1.29 is 9.47 Å². The summed E-state index contributed by atoms with van der Waals surface area (Å²) in [6.07, 6.45) is 6.99. The lowest BCUT2D eigenvalue weighted by atomic mass is 10.2. The van der Waals surface area contributed by atoms with Crippen LogP contribution in [0.25, 0.3) is 5.82 Å². The summed E-state index contributed by atoms with van der Waals surface area (Å²) in [7, 11) is 0. The summed E-state index contributed by atoms with van der Waals surface area (Å²) in [6.45, 7) is 5.41. The van der Waals surface area contributed by atoms with Gasteiger partial charge in [-0.05, 0) is 43.7 Å². The number of nitrogens with one attached hydrogen (secondary N) is 1. The van der Waals surface area contributed by atoms with Crippen LogP contribution in [0.1, 0.15) is 19.4 Å². The van der Waals surface area contributed by atoms with Crippen molar-refractivity contribution >= 4 is 11.6 Å². The molecule has 0 saturated heterocycles. The Morgan fingerprint density at radius 2 is 2.00 bits per heavy atom. The Hall–Kier alpha value is -3.55. The summed E-state index contributed by atoms with van der Waals surface area (Å²) in [5, 5.41) is 3.10. The van der Waals surface area contributed by atoms with Gasteiger partial charge >= 0.3 is 0 Å². The van der Waals surface area contributed by atoms with Crippen LogP contribution in [0.2, 0.25) is 0 Å². The quantitative estimate of drug-likeness (QED) is 0.460. The van der Waals surface area contributed by atoms with Gasteiger partial charge in [-0.2, -0.15) is 0 Å². The van der Waals surface area contributed by atoms with Gasteiger partial charge in [0.05, 0.1) is 25.4 Å². The fourth-order valence-corrected chi connectivity index (χ4v) is 2.59. The maximum absolute atomic E-state index is 6.09. The molecule has 0 aliphatic heterocycles. The molecule has 0 aliphatic rings. The fraction of sp³-hybridized carbons (Fsp3) is 0.250. The Morgan fingerprint density at radius 3 is 2.75 bits per heavy atom. The van der Waals surface area contributed by atoms with E-state index in [1.807, 2.05) is 54.9 Å². The van der Waals surface area contributed by atoms with E-state index < -0.39 is 0 Å². The SMILES string of the molecule is CCOc1ccc(OCC)c(NC(N)=NCc2ccnc(-n3ccnc3)c2)c1. The number of anilines is 1. The van der Waals surface area contributed by atoms with Crippen LogP contribution >= 0.6 is 0 Å². The number of hydrogen-bond acceptors (Lipinski definition) is 5. The van der Waals surface area contributed by atoms with E-state index in [1.165, 1.54) is 0 Å². The van der Waals surface area contributed by atoms with Crippen LogP contribution in [0.5, 0.6) is 11.5 Å². The minimum atomic E-state index is 0.288. The second-order valence-corrected chi connectivity index (χ2v) is 5.84. The lowest BCUT2D eigenvalue weighted by Crippen LogP contribution is -2.23. The van der Waals surface area contributed by atoms with Gasteiger partial charge < -0.3 is 20.5 Å². The van der Waals surface area contributed by atoms with Gasteiger partial charge in [0, 0.05) is 24.7 Å². The van der Waals surface area contributed by atoms with Gasteiger partial charge in [0.25, 0.3) is 0 Å². The van der Waals surface area contributed by atoms with Crippen LogP contribution < -0.4 is 20.5 Å². The summed E-state index contributed by atoms with van der Waals surface area (Å²) in [5.74, 6) is 2.49. The van der Waals surface area contributed by atoms with Crippen molar-refractivity contribution in [3.8, 4) is 17.3 Å². The number of aliphatic imine (C=N–C) groups is 1. The third kappa shape index (κ3) is 5.00. The molecule has 0 aliphatic carbocycles. The van der Waals surface area contributed by atoms with Crippen LogP contribution in [0.4, 0.5) is 5.69 Å². The Bertz CT molecular complexity index is 924. The smallest absolute Gasteiger partial charge is 0.193 e. The molecule has 0 bridgehead atoms. The second kappa shape index (κ2) is 9.40. The maximum Gasteiger partial charge on any atom is 0.193 e. The van der Waals surface area contributed by atoms with Gasteiger partial charge in [0.15, 0.2) is 5.96 Å². The van der Waals surface area contributed by atoms with Crippen molar-refractivity contribution in [3.63, 3.8) is 0 Å². The summed E-state index contributed by atoms with van der Waals surface area (Å²) in [4.78, 5) is 12.8. The van der Waals surface area contributed by atoms with Gasteiger partial charge in [-0.1, -0.05) is 0 Å². The monoisotopic (exact) mass is 380 g/mol. The molecule has 0 atom stereocenters. The van der Waals surface area contributed by atoms with Crippen LogP contribution in [-0.4, -0.2) is 33.7 Å². The summed E-state index contributed by atoms with van der Waals surface area (Å²) < 4.78 is 13.0. The molecular formula is C20H24N6O2. The maximum atomic E-state index is 6.09. The highest BCUT2D eigenvalue weighted by Crippen LogP contribution is 2.29. The first-order chi connectivity index (χ1) is 13.7. The van der Waals surface area contributed by atoms with Crippen LogP contribution in [0, 0.1) is 0 Å². The lowest BCUT2D eigenvalue weighted by molar-refractivity contribution is 0.332. The van der Waals surface area contributed by atoms with E-state index in [1.54, 1.807) is 18.7 Å². The van der Waals surface area contributed by atoms with Crippen molar-refractivity contribution in [3.05, 3.63) is 60.8 Å². The molecule has 0 spiro atoms. The highest BCUT2D eigenvalue weighted by Gasteiger charge is 2.07. The van der Waals surface area contributed by atoms with Gasteiger partial charge in [0.2, 0.25) is 0 Å². The number of hydrogen-bond donors (Lipinski definition) is 2. The number of aromatic nitrogens is 3. The van der Waals surface area contributed by atoms with Crippen molar-refractivity contribution in [1.29, 1.82) is 0 Å². The van der Waals surface area contributed by atoms with Crippen LogP contribution in [-0.2, 0) is 6.54 Å². The first-order valence-electron chi connectivity index (χ1n) is 9.09. The van der Waals surface area contributed by atoms with Crippen molar-refractivity contribution in [1.82, 2.24) is 14.5 Å². The topological polar surface area (TPSA) is 99.6 Å². The first-order valence-corrected chi connectivity index (χ1v) is 9.09. The summed E-state index contributed by atoms with van der Waals surface area (Å²) >= 11 is 0. The third-order valence-electron chi connectivity index (χ3n) is 3.84. The number of nitrogens with zero attached hydrogens (tertiary/aromatic N) is 4. The number of benzene rings is 1. The minimum absolute atomic E-state index is 0.288. The molecule has 1 aromatic carbocycles. The van der Waals surface area contributed by atoms with Crippen molar-refractivity contribution in [2.45, 2.75) is 20.4 Å². The predicted octanol–water partition coefficient (Wildman–Crippen LogP) is 2.99. The highest BCUT2D eigenvalue weighted by molar-refractivity contribution is 5.94. The lowest BCUT2D eigenvalue weighted by Gasteiger charge is -2.14. The summed E-state index contributed by atoms with van der Waals surface area (Å²) in [5.41, 5.74) is 7.78. The Balaban J connectivity index is 1.72. The first kappa shape index (κ1) is 19.2. The zero-order chi connectivity index (χ0) is 19.8. The normalized spacial score (nSPS) is 11.3. The number of nitrogens with two attached hydrogens (primary N) is 1. The average molecular weight is 380 g/mol. The summed E-state index contributed by atoms with van der Waals surface area (Å²) in [6, 6.07) is 9.41. The zero-order valence-corrected chi connectivity index (χ0v) is 16.0. The number of pyridine rings is 1. The van der Waals surface area contributed by atoms with Crippen molar-refractivity contribution in [2.75, 3.05) is 18.5 Å². The van der Waals surface area contributed by atoms with Crippen LogP contribution in [0.3, 0.4) is 0 Å². The largest absolute Gasteiger partial charge is 0.494 e. The number of ether oxygens (including phenoxy) is 2. The Labute approximate surface area is 164 Å². The Kier molecular flexibility index (Phi) is 6.46. The molecule has 28 heavy (non-hydrogen) atoms. The van der Waals surface area contributed by atoms with Crippen molar-refractivity contribution in [2.24, 2.45) is 10.7 Å². The van der Waals surface area contributed by atoms with Gasteiger partial charge in [0.1, 0.15) is 23.6 Å². The van der Waals surface area contributed by atoms with Gasteiger partial charge in [-0.15, -0.1) is 0 Å². The highest BCUT2D eigenvalue weighted by atomic mass is 16.5. The molecule has 2 heterocycles. The molecule has 0 amide bonds. The number of guanidine groups is 1. The van der Waals surface area contributed by atoms with Gasteiger partial charge in [-0.3, -0.25) is 4.57 Å². The average Bonchev–Trinajstić information content (AvgIpc) is 3.24. The molecule has 2 aromatic heterocycles. The van der Waals surface area contributed by atoms with E-state index in [0.717, 1.165) is 17.1 Å². The van der Waals surface area contributed by atoms with E-state index in [4.69, 9.17) is 15.2 Å². The molecule has 8 heteroatoms. The molecule has 0 unspecified atom stereocenters. The van der Waals surface area contributed by atoms with E-state index >= 15 is 0 Å². The standard InChI is InChI=1S/C20H24N6O2/c1-3-27-16-5-6-18(28-4-2)17(12-16)25-20(21)24-13-15-7-8-23-19(11-15)26-10-9-22-14-26/h5-12,14H,3-4,13H2,1-2H3,(H3,21,24,25). The second-order valence-electron chi connectivity index (χ2n) is 5.84. The number of imidazole rings is 1. The molecule has 3 aromatic rings. The van der Waals surface area contributed by atoms with Gasteiger partial charge in [-0.25, -0.2) is 15.0 Å². The minimum Gasteiger partial charge on any atom is -0.494 e. The van der Waals surface area contributed by atoms with E-state index in [-0.39, 0.29) is 5.96 Å². The zero-order valence-electron chi connectivity index (χ0n) is 16.0. The van der Waals surface area contributed by atoms with E-state index in [2.05, 4.69) is 20.3 Å². The van der Waals surface area contributed by atoms with Crippen LogP contribution in [0.15, 0.2) is 60.2 Å². The Morgan fingerprint density at radius 1 is 1.14 bits per heavy atom.